The van der Waals surface area contributed by atoms with Gasteiger partial charge in [-0.1, -0.05) is 0 Å². The Morgan fingerprint density at radius 3 is 2.67 bits per heavy atom. The number of rotatable bonds is 3. The van der Waals surface area contributed by atoms with Gasteiger partial charge in [-0.2, -0.15) is 0 Å². The highest BCUT2D eigenvalue weighted by atomic mass is 16.3. The third-order valence-corrected chi connectivity index (χ3v) is 3.46. The number of nitrogens with one attached hydrogen (secondary N) is 1. The van der Waals surface area contributed by atoms with Crippen LogP contribution in [0, 0.1) is 0 Å². The predicted octanol–water partition coefficient (Wildman–Crippen LogP) is 1.54. The normalized spacial score (nSPS) is 24.2. The molecule has 2 N–H and O–H groups in total. The Bertz CT molecular complexity index is 448. The summed E-state index contributed by atoms with van der Waals surface area (Å²) in [6.45, 7) is 3.95. The molecule has 0 amide bonds. The van der Waals surface area contributed by atoms with Crippen LogP contribution in [0.2, 0.25) is 0 Å². The van der Waals surface area contributed by atoms with Crippen molar-refractivity contribution in [2.45, 2.75) is 57.7 Å². The molecule has 1 fully saturated rings. The molecule has 0 spiro atoms. The van der Waals surface area contributed by atoms with Crippen LogP contribution in [0.15, 0.2) is 17.2 Å². The number of hydrogen-bond donors (Lipinski definition) is 2. The van der Waals surface area contributed by atoms with Crippen molar-refractivity contribution in [3.05, 3.63) is 22.7 Å². The SMILES string of the molecule is CC(C)n1ccnc(NC2CCC(O)CC2)c1=O. The van der Waals surface area contributed by atoms with Crippen LogP contribution in [0.3, 0.4) is 0 Å². The van der Waals surface area contributed by atoms with Gasteiger partial charge < -0.3 is 15.0 Å². The van der Waals surface area contributed by atoms with Gasteiger partial charge in [0, 0.05) is 24.5 Å². The van der Waals surface area contributed by atoms with E-state index in [1.165, 1.54) is 0 Å². The molecule has 1 aliphatic carbocycles. The molecule has 0 unspecified atom stereocenters. The maximum atomic E-state index is 12.1. The van der Waals surface area contributed by atoms with Crippen molar-refractivity contribution < 1.29 is 5.11 Å². The monoisotopic (exact) mass is 251 g/mol. The smallest absolute Gasteiger partial charge is 0.293 e. The minimum Gasteiger partial charge on any atom is -0.393 e. The van der Waals surface area contributed by atoms with Gasteiger partial charge in [0.25, 0.3) is 5.56 Å². The first-order chi connectivity index (χ1) is 8.58. The number of aromatic nitrogens is 2. The molecule has 1 saturated carbocycles. The average molecular weight is 251 g/mol. The summed E-state index contributed by atoms with van der Waals surface area (Å²) >= 11 is 0. The summed E-state index contributed by atoms with van der Waals surface area (Å²) in [5.41, 5.74) is -0.0707. The Morgan fingerprint density at radius 2 is 2.06 bits per heavy atom. The van der Waals surface area contributed by atoms with Gasteiger partial charge in [0.2, 0.25) is 0 Å². The van der Waals surface area contributed by atoms with Gasteiger partial charge in [-0.3, -0.25) is 4.79 Å². The lowest BCUT2D eigenvalue weighted by Crippen LogP contribution is -2.33. The van der Waals surface area contributed by atoms with Crippen LogP contribution < -0.4 is 10.9 Å². The van der Waals surface area contributed by atoms with Crippen molar-refractivity contribution in [3.8, 4) is 0 Å². The Kier molecular flexibility index (Phi) is 4.01. The van der Waals surface area contributed by atoms with Crippen LogP contribution in [0.4, 0.5) is 5.82 Å². The van der Waals surface area contributed by atoms with E-state index < -0.39 is 0 Å². The molecule has 1 heterocycles. The van der Waals surface area contributed by atoms with E-state index in [1.54, 1.807) is 17.0 Å². The number of hydrogen-bond acceptors (Lipinski definition) is 4. The Balaban J connectivity index is 2.10. The third-order valence-electron chi connectivity index (χ3n) is 3.46. The lowest BCUT2D eigenvalue weighted by Gasteiger charge is -2.26. The molecule has 0 bridgehead atoms. The molecule has 2 rings (SSSR count). The Hall–Kier alpha value is -1.36. The van der Waals surface area contributed by atoms with Crippen LogP contribution in [0.5, 0.6) is 0 Å². The summed E-state index contributed by atoms with van der Waals surface area (Å²) in [4.78, 5) is 16.3. The summed E-state index contributed by atoms with van der Waals surface area (Å²) in [5, 5.41) is 12.7. The fourth-order valence-corrected chi connectivity index (χ4v) is 2.34. The maximum absolute atomic E-state index is 12.1. The summed E-state index contributed by atoms with van der Waals surface area (Å²) < 4.78 is 1.67. The summed E-state index contributed by atoms with van der Waals surface area (Å²) in [6, 6.07) is 0.380. The predicted molar refractivity (Wildman–Crippen MR) is 70.8 cm³/mol. The van der Waals surface area contributed by atoms with Crippen molar-refractivity contribution in [1.29, 1.82) is 0 Å². The second-order valence-corrected chi connectivity index (χ2v) is 5.23. The fraction of sp³-hybridized carbons (Fsp3) is 0.692. The van der Waals surface area contributed by atoms with Crippen molar-refractivity contribution in [2.75, 3.05) is 5.32 Å². The first-order valence-corrected chi connectivity index (χ1v) is 6.59. The average Bonchev–Trinajstić information content (AvgIpc) is 2.34. The van der Waals surface area contributed by atoms with E-state index in [4.69, 9.17) is 0 Å². The van der Waals surface area contributed by atoms with E-state index in [-0.39, 0.29) is 23.7 Å². The van der Waals surface area contributed by atoms with Gasteiger partial charge in [-0.05, 0) is 39.5 Å². The highest BCUT2D eigenvalue weighted by molar-refractivity contribution is 5.32. The first-order valence-electron chi connectivity index (χ1n) is 6.59. The minimum atomic E-state index is -0.181. The quantitative estimate of drug-likeness (QED) is 0.855. The van der Waals surface area contributed by atoms with E-state index in [0.717, 1.165) is 25.7 Å². The van der Waals surface area contributed by atoms with Gasteiger partial charge in [0.1, 0.15) is 0 Å². The molecule has 1 aromatic rings. The zero-order valence-electron chi connectivity index (χ0n) is 11.0. The number of aliphatic hydroxyl groups excluding tert-OH is 1. The Morgan fingerprint density at radius 1 is 1.39 bits per heavy atom. The molecule has 5 nitrogen and oxygen atoms in total. The minimum absolute atomic E-state index is 0.0707. The zero-order chi connectivity index (χ0) is 13.1. The second-order valence-electron chi connectivity index (χ2n) is 5.23. The zero-order valence-corrected chi connectivity index (χ0v) is 11.0. The number of nitrogens with zero attached hydrogens (tertiary/aromatic N) is 2. The van der Waals surface area contributed by atoms with Crippen molar-refractivity contribution in [1.82, 2.24) is 9.55 Å². The van der Waals surface area contributed by atoms with Crippen LogP contribution in [-0.2, 0) is 0 Å². The molecule has 0 atom stereocenters. The molecular weight excluding hydrogens is 230 g/mol. The largest absolute Gasteiger partial charge is 0.393 e. The van der Waals surface area contributed by atoms with Crippen LogP contribution in [0.25, 0.3) is 0 Å². The van der Waals surface area contributed by atoms with E-state index in [1.807, 2.05) is 13.8 Å². The molecule has 0 aliphatic heterocycles. The van der Waals surface area contributed by atoms with E-state index in [9.17, 15) is 9.90 Å². The second kappa shape index (κ2) is 5.52. The van der Waals surface area contributed by atoms with Crippen molar-refractivity contribution in [2.24, 2.45) is 0 Å². The van der Waals surface area contributed by atoms with E-state index >= 15 is 0 Å². The van der Waals surface area contributed by atoms with E-state index in [2.05, 4.69) is 10.3 Å². The molecule has 100 valence electrons. The van der Waals surface area contributed by atoms with Gasteiger partial charge in [-0.25, -0.2) is 4.98 Å². The molecule has 18 heavy (non-hydrogen) atoms. The van der Waals surface area contributed by atoms with Crippen LogP contribution in [0.1, 0.15) is 45.6 Å². The van der Waals surface area contributed by atoms with Gasteiger partial charge in [0.15, 0.2) is 5.82 Å². The van der Waals surface area contributed by atoms with Gasteiger partial charge in [0.05, 0.1) is 6.10 Å². The van der Waals surface area contributed by atoms with Crippen molar-refractivity contribution >= 4 is 5.82 Å². The molecule has 1 aliphatic rings. The number of anilines is 1. The Labute approximate surface area is 107 Å². The standard InChI is InChI=1S/C13H21N3O2/c1-9(2)16-8-7-14-12(13(16)18)15-10-3-5-11(17)6-4-10/h7-11,17H,3-6H2,1-2H3,(H,14,15). The number of aliphatic hydroxyl groups is 1. The maximum Gasteiger partial charge on any atom is 0.293 e. The van der Waals surface area contributed by atoms with Crippen LogP contribution >= 0.6 is 0 Å². The lowest BCUT2D eigenvalue weighted by atomic mass is 9.93. The van der Waals surface area contributed by atoms with E-state index in [0.29, 0.717) is 5.82 Å². The molecule has 5 heteroatoms. The molecule has 0 aromatic carbocycles. The van der Waals surface area contributed by atoms with Gasteiger partial charge >= 0.3 is 0 Å². The summed E-state index contributed by atoms with van der Waals surface area (Å²) in [6.07, 6.45) is 6.55. The lowest BCUT2D eigenvalue weighted by molar-refractivity contribution is 0.126. The molecule has 0 saturated heterocycles. The van der Waals surface area contributed by atoms with Gasteiger partial charge in [-0.15, -0.1) is 0 Å². The molecule has 0 radical (unpaired) electrons. The summed E-state index contributed by atoms with van der Waals surface area (Å²) in [7, 11) is 0. The van der Waals surface area contributed by atoms with Crippen LogP contribution in [-0.4, -0.2) is 26.8 Å². The third kappa shape index (κ3) is 2.90. The fourth-order valence-electron chi connectivity index (χ4n) is 2.34. The molecule has 1 aromatic heterocycles. The summed E-state index contributed by atoms with van der Waals surface area (Å²) in [5.74, 6) is 0.424. The van der Waals surface area contributed by atoms with Crippen molar-refractivity contribution in [3.63, 3.8) is 0 Å². The highest BCUT2D eigenvalue weighted by Gasteiger charge is 2.20. The topological polar surface area (TPSA) is 67.2 Å². The first kappa shape index (κ1) is 13.1. The highest BCUT2D eigenvalue weighted by Crippen LogP contribution is 2.20. The molecular formula is C13H21N3O2.